The van der Waals surface area contributed by atoms with Crippen LogP contribution in [0.2, 0.25) is 0 Å². The van der Waals surface area contributed by atoms with Gasteiger partial charge in [0.05, 0.1) is 11.3 Å². The molecule has 0 bridgehead atoms. The first-order valence-corrected chi connectivity index (χ1v) is 10.7. The zero-order valence-corrected chi connectivity index (χ0v) is 17.6. The highest BCUT2D eigenvalue weighted by Gasteiger charge is 2.18. The number of nitrogens with zero attached hydrogens (tertiary/aromatic N) is 4. The Morgan fingerprint density at radius 1 is 0.938 bits per heavy atom. The molecule has 158 valence electrons. The van der Waals surface area contributed by atoms with E-state index in [0.29, 0.717) is 17.8 Å². The Balaban J connectivity index is 1.31. The van der Waals surface area contributed by atoms with E-state index in [4.69, 9.17) is 0 Å². The summed E-state index contributed by atoms with van der Waals surface area (Å²) in [5.41, 5.74) is 4.08. The van der Waals surface area contributed by atoms with Gasteiger partial charge < -0.3 is 9.88 Å². The maximum absolute atomic E-state index is 13.1. The second kappa shape index (κ2) is 8.89. The SMILES string of the molecule is O=C(NCCCn1ccc2ccccc21)c1cn(-c2ccccc2)nc1-c1cccnc1. The van der Waals surface area contributed by atoms with Crippen LogP contribution in [0.3, 0.4) is 0 Å². The quantitative estimate of drug-likeness (QED) is 0.387. The fourth-order valence-corrected chi connectivity index (χ4v) is 3.85. The van der Waals surface area contributed by atoms with Crippen LogP contribution in [0.15, 0.2) is 97.6 Å². The molecule has 0 atom stereocenters. The molecule has 3 heterocycles. The summed E-state index contributed by atoms with van der Waals surface area (Å²) in [5.74, 6) is -0.136. The van der Waals surface area contributed by atoms with Crippen LogP contribution >= 0.6 is 0 Å². The fraction of sp³-hybridized carbons (Fsp3) is 0.115. The number of rotatable bonds is 7. The highest BCUT2D eigenvalue weighted by atomic mass is 16.1. The monoisotopic (exact) mass is 421 g/mol. The van der Waals surface area contributed by atoms with Crippen molar-refractivity contribution in [2.24, 2.45) is 0 Å². The Morgan fingerprint density at radius 3 is 2.62 bits per heavy atom. The molecule has 5 rings (SSSR count). The summed E-state index contributed by atoms with van der Waals surface area (Å²) >= 11 is 0. The molecule has 0 aliphatic heterocycles. The normalized spacial score (nSPS) is 11.0. The Kier molecular flexibility index (Phi) is 5.49. The average Bonchev–Trinajstić information content (AvgIpc) is 3.48. The minimum Gasteiger partial charge on any atom is -0.352 e. The number of hydrogen-bond donors (Lipinski definition) is 1. The van der Waals surface area contributed by atoms with Crippen molar-refractivity contribution in [3.05, 3.63) is 103 Å². The molecule has 0 aliphatic rings. The third kappa shape index (κ3) is 4.03. The summed E-state index contributed by atoms with van der Waals surface area (Å²) in [6.45, 7) is 1.42. The van der Waals surface area contributed by atoms with Gasteiger partial charge in [-0.25, -0.2) is 4.68 Å². The number of carbonyl (C=O) groups excluding carboxylic acids is 1. The molecule has 2 aromatic carbocycles. The third-order valence-electron chi connectivity index (χ3n) is 5.46. The number of pyridine rings is 1. The van der Waals surface area contributed by atoms with E-state index < -0.39 is 0 Å². The maximum Gasteiger partial charge on any atom is 0.255 e. The number of carbonyl (C=O) groups is 1. The summed E-state index contributed by atoms with van der Waals surface area (Å²) in [6.07, 6.45) is 8.15. The van der Waals surface area contributed by atoms with Crippen LogP contribution in [-0.2, 0) is 6.54 Å². The highest BCUT2D eigenvalue weighted by molar-refractivity contribution is 5.99. The number of amides is 1. The Morgan fingerprint density at radius 2 is 1.78 bits per heavy atom. The van der Waals surface area contributed by atoms with E-state index >= 15 is 0 Å². The van der Waals surface area contributed by atoms with E-state index in [0.717, 1.165) is 24.2 Å². The van der Waals surface area contributed by atoms with Gasteiger partial charge in [0, 0.05) is 49.0 Å². The van der Waals surface area contributed by atoms with Crippen LogP contribution in [0.4, 0.5) is 0 Å². The maximum atomic E-state index is 13.1. The van der Waals surface area contributed by atoms with Crippen LogP contribution in [0.1, 0.15) is 16.8 Å². The lowest BCUT2D eigenvalue weighted by molar-refractivity contribution is 0.0953. The van der Waals surface area contributed by atoms with Crippen molar-refractivity contribution in [3.8, 4) is 16.9 Å². The first-order chi connectivity index (χ1) is 15.8. The molecular formula is C26H23N5O. The van der Waals surface area contributed by atoms with Gasteiger partial charge in [0.25, 0.3) is 5.91 Å². The molecule has 32 heavy (non-hydrogen) atoms. The first kappa shape index (κ1) is 19.8. The molecule has 6 heteroatoms. The molecule has 5 aromatic rings. The molecule has 0 saturated heterocycles. The van der Waals surface area contributed by atoms with Crippen LogP contribution in [0.5, 0.6) is 0 Å². The zero-order valence-electron chi connectivity index (χ0n) is 17.6. The van der Waals surface area contributed by atoms with Crippen LogP contribution in [0.25, 0.3) is 27.8 Å². The topological polar surface area (TPSA) is 64.7 Å². The van der Waals surface area contributed by atoms with Crippen LogP contribution in [0, 0.1) is 0 Å². The number of aromatic nitrogens is 4. The second-order valence-electron chi connectivity index (χ2n) is 7.59. The van der Waals surface area contributed by atoms with Gasteiger partial charge in [-0.3, -0.25) is 9.78 Å². The summed E-state index contributed by atoms with van der Waals surface area (Å²) in [5, 5.41) is 8.97. The molecule has 1 amide bonds. The largest absolute Gasteiger partial charge is 0.352 e. The standard InChI is InChI=1S/C26H23N5O/c32-26(28-15-7-16-30-17-13-20-8-4-5-12-24(20)30)23-19-31(22-10-2-1-3-11-22)29-25(23)21-9-6-14-27-18-21/h1-6,8-14,17-19H,7,15-16H2,(H,28,32). The van der Waals surface area contributed by atoms with Crippen molar-refractivity contribution < 1.29 is 4.79 Å². The van der Waals surface area contributed by atoms with Crippen molar-refractivity contribution in [1.82, 2.24) is 24.6 Å². The van der Waals surface area contributed by atoms with Gasteiger partial charge in [-0.15, -0.1) is 0 Å². The summed E-state index contributed by atoms with van der Waals surface area (Å²) in [6, 6.07) is 24.0. The molecule has 0 saturated carbocycles. The van der Waals surface area contributed by atoms with Gasteiger partial charge >= 0.3 is 0 Å². The van der Waals surface area contributed by atoms with Crippen molar-refractivity contribution >= 4 is 16.8 Å². The van der Waals surface area contributed by atoms with Gasteiger partial charge in [-0.2, -0.15) is 5.10 Å². The lowest BCUT2D eigenvalue weighted by Gasteiger charge is -2.07. The Bertz CT molecular complexity index is 1340. The lowest BCUT2D eigenvalue weighted by atomic mass is 10.1. The summed E-state index contributed by atoms with van der Waals surface area (Å²) in [7, 11) is 0. The Labute approximate surface area is 186 Å². The van der Waals surface area contributed by atoms with Crippen molar-refractivity contribution in [3.63, 3.8) is 0 Å². The summed E-state index contributed by atoms with van der Waals surface area (Å²) in [4.78, 5) is 17.3. The van der Waals surface area contributed by atoms with Gasteiger partial charge in [0.1, 0.15) is 5.69 Å². The number of aryl methyl sites for hydroxylation is 1. The number of benzene rings is 2. The second-order valence-corrected chi connectivity index (χ2v) is 7.59. The van der Waals surface area contributed by atoms with Crippen LogP contribution < -0.4 is 5.32 Å². The smallest absolute Gasteiger partial charge is 0.255 e. The van der Waals surface area contributed by atoms with E-state index in [1.807, 2.05) is 54.6 Å². The van der Waals surface area contributed by atoms with E-state index in [1.165, 1.54) is 10.9 Å². The Hall–Kier alpha value is -4.19. The average molecular weight is 422 g/mol. The zero-order chi connectivity index (χ0) is 21.8. The number of para-hydroxylation sites is 2. The van der Waals surface area contributed by atoms with Crippen molar-refractivity contribution in [2.75, 3.05) is 6.54 Å². The molecule has 0 fully saturated rings. The molecular weight excluding hydrogens is 398 g/mol. The molecule has 0 radical (unpaired) electrons. The van der Waals surface area contributed by atoms with E-state index in [-0.39, 0.29) is 5.91 Å². The molecule has 0 aliphatic carbocycles. The van der Waals surface area contributed by atoms with Crippen LogP contribution in [-0.4, -0.2) is 31.8 Å². The molecule has 6 nitrogen and oxygen atoms in total. The van der Waals surface area contributed by atoms with Gasteiger partial charge in [-0.05, 0) is 48.2 Å². The number of nitrogens with one attached hydrogen (secondary N) is 1. The minimum absolute atomic E-state index is 0.136. The van der Waals surface area contributed by atoms with Crippen molar-refractivity contribution in [2.45, 2.75) is 13.0 Å². The molecule has 1 N–H and O–H groups in total. The molecule has 0 spiro atoms. The predicted octanol–water partition coefficient (Wildman–Crippen LogP) is 4.71. The predicted molar refractivity (Wildman–Crippen MR) is 126 cm³/mol. The summed E-state index contributed by atoms with van der Waals surface area (Å²) < 4.78 is 3.96. The molecule has 3 aromatic heterocycles. The first-order valence-electron chi connectivity index (χ1n) is 10.7. The third-order valence-corrected chi connectivity index (χ3v) is 5.46. The number of fused-ring (bicyclic) bond motifs is 1. The van der Waals surface area contributed by atoms with Gasteiger partial charge in [0.2, 0.25) is 0 Å². The van der Waals surface area contributed by atoms with E-state index in [2.05, 4.69) is 44.4 Å². The van der Waals surface area contributed by atoms with E-state index in [1.54, 1.807) is 23.3 Å². The van der Waals surface area contributed by atoms with E-state index in [9.17, 15) is 4.79 Å². The van der Waals surface area contributed by atoms with Gasteiger partial charge in [-0.1, -0.05) is 36.4 Å². The fourth-order valence-electron chi connectivity index (χ4n) is 3.85. The highest BCUT2D eigenvalue weighted by Crippen LogP contribution is 2.23. The van der Waals surface area contributed by atoms with Gasteiger partial charge in [0.15, 0.2) is 0 Å². The molecule has 0 unspecified atom stereocenters. The minimum atomic E-state index is -0.136. The number of hydrogen-bond acceptors (Lipinski definition) is 3. The van der Waals surface area contributed by atoms with Crippen molar-refractivity contribution in [1.29, 1.82) is 0 Å². The lowest BCUT2D eigenvalue weighted by Crippen LogP contribution is -2.25.